The number of carboxylic acid groups (broad SMARTS) is 1. The minimum Gasteiger partial charge on any atom is -0.493 e. The van der Waals surface area contributed by atoms with E-state index in [1.807, 2.05) is 30.5 Å². The smallest absolute Gasteiger partial charge is 0.307 e. The number of thiocarbonyl (C=S) groups is 1. The Labute approximate surface area is 288 Å². The summed E-state index contributed by atoms with van der Waals surface area (Å²) in [5.41, 5.74) is 4.57. The number of benzene rings is 3. The number of H-pyrrole nitrogens is 1. The number of carbonyl (C=O) groups excluding carboxylic acids is 1. The number of rotatable bonds is 14. The predicted molar refractivity (Wildman–Crippen MR) is 191 cm³/mol. The summed E-state index contributed by atoms with van der Waals surface area (Å²) in [5.74, 6) is 0.580. The summed E-state index contributed by atoms with van der Waals surface area (Å²) in [6, 6.07) is 19.5. The molecular formula is C36H37N3O7S2. The van der Waals surface area contributed by atoms with Crippen molar-refractivity contribution >= 4 is 57.2 Å². The highest BCUT2D eigenvalue weighted by Crippen LogP contribution is 2.36. The van der Waals surface area contributed by atoms with Crippen LogP contribution in [0.4, 0.5) is 0 Å². The largest absolute Gasteiger partial charge is 0.493 e. The van der Waals surface area contributed by atoms with Crippen LogP contribution in [0.3, 0.4) is 0 Å². The normalized spacial score (nSPS) is 16.2. The number of amides is 1. The average Bonchev–Trinajstić information content (AvgIpc) is 3.66. The number of aromatic amines is 1. The number of nitrogens with one attached hydrogen (secondary N) is 1. The van der Waals surface area contributed by atoms with Crippen LogP contribution in [-0.2, 0) is 20.7 Å². The lowest BCUT2D eigenvalue weighted by Gasteiger charge is -2.26. The van der Waals surface area contributed by atoms with E-state index in [1.54, 1.807) is 23.1 Å². The van der Waals surface area contributed by atoms with Gasteiger partial charge in [0.25, 0.3) is 5.91 Å². The summed E-state index contributed by atoms with van der Waals surface area (Å²) in [6.45, 7) is 5.19. The maximum atomic E-state index is 13.6. The third-order valence-electron chi connectivity index (χ3n) is 8.19. The fraction of sp³-hybridized carbons (Fsp3) is 0.306. The van der Waals surface area contributed by atoms with Crippen molar-refractivity contribution in [3.8, 4) is 28.4 Å². The van der Waals surface area contributed by atoms with Crippen LogP contribution in [0.2, 0.25) is 0 Å². The summed E-state index contributed by atoms with van der Waals surface area (Å²) in [7, 11) is 1.53. The lowest BCUT2D eigenvalue weighted by molar-refractivity contribution is -0.136. The summed E-state index contributed by atoms with van der Waals surface area (Å²) >= 11 is 6.90. The minimum absolute atomic E-state index is 0.116. The second-order valence-electron chi connectivity index (χ2n) is 11.4. The molecule has 2 N–H and O–H groups in total. The molecule has 48 heavy (non-hydrogen) atoms. The first-order chi connectivity index (χ1) is 23.4. The third kappa shape index (κ3) is 8.19. The number of carboxylic acids is 1. The zero-order valence-electron chi connectivity index (χ0n) is 26.6. The lowest BCUT2D eigenvalue weighted by atomic mass is 10.0. The topological polar surface area (TPSA) is 114 Å². The Balaban J connectivity index is 1.15. The summed E-state index contributed by atoms with van der Waals surface area (Å²) in [5, 5.41) is 10.3. The number of hydrogen-bond donors (Lipinski definition) is 2. The molecule has 1 amide bonds. The lowest BCUT2D eigenvalue weighted by Crippen LogP contribution is -2.38. The number of fused-ring (bicyclic) bond motifs is 1. The van der Waals surface area contributed by atoms with Crippen LogP contribution in [0.15, 0.2) is 71.8 Å². The molecule has 6 rings (SSSR count). The first-order valence-electron chi connectivity index (χ1n) is 15.8. The SMILES string of the molecule is COc1ccc(CC(=O)O)cc1OCCCN1C(=O)C(=Cc2cc(-c3ccc4[nH]ccc4c3)ccc2OCCN2CCOCC2)SC1=S. The van der Waals surface area contributed by atoms with Crippen molar-refractivity contribution in [1.82, 2.24) is 14.8 Å². The fourth-order valence-corrected chi connectivity index (χ4v) is 6.97. The molecule has 0 atom stereocenters. The van der Waals surface area contributed by atoms with Crippen LogP contribution >= 0.6 is 24.0 Å². The molecule has 3 aromatic carbocycles. The van der Waals surface area contributed by atoms with E-state index in [0.29, 0.717) is 51.6 Å². The van der Waals surface area contributed by atoms with Gasteiger partial charge in [0.1, 0.15) is 16.7 Å². The van der Waals surface area contributed by atoms with E-state index >= 15 is 0 Å². The van der Waals surface area contributed by atoms with Gasteiger partial charge in [-0.25, -0.2) is 0 Å². The Bertz CT molecular complexity index is 1830. The van der Waals surface area contributed by atoms with E-state index in [9.17, 15) is 9.59 Å². The van der Waals surface area contributed by atoms with Gasteiger partial charge in [0.15, 0.2) is 11.5 Å². The Kier molecular flexibility index (Phi) is 11.0. The molecule has 4 aromatic rings. The number of hydrogen-bond acceptors (Lipinski definition) is 9. The van der Waals surface area contributed by atoms with Crippen molar-refractivity contribution in [3.63, 3.8) is 0 Å². The zero-order valence-corrected chi connectivity index (χ0v) is 28.2. The van der Waals surface area contributed by atoms with Gasteiger partial charge in [-0.15, -0.1) is 0 Å². The van der Waals surface area contributed by atoms with Crippen molar-refractivity contribution in [3.05, 3.63) is 82.9 Å². The standard InChI is InChI=1S/C36H37N3O7S2/c1-43-31-7-3-24(20-34(40)41)19-32(31)45-15-2-11-39-35(42)33(48-36(39)47)23-28-22-26(25-4-6-29-27(21-25)9-10-37-29)5-8-30(28)46-18-14-38-12-16-44-17-13-38/h3-10,19,21-23,37H,2,11-18,20H2,1H3,(H,40,41). The van der Waals surface area contributed by atoms with Crippen LogP contribution in [0.5, 0.6) is 17.2 Å². The summed E-state index contributed by atoms with van der Waals surface area (Å²) in [6.07, 6.45) is 4.20. The van der Waals surface area contributed by atoms with Gasteiger partial charge in [-0.2, -0.15) is 0 Å². The number of aromatic nitrogens is 1. The second kappa shape index (κ2) is 15.7. The van der Waals surface area contributed by atoms with Crippen molar-refractivity contribution in [2.24, 2.45) is 0 Å². The number of thioether (sulfide) groups is 1. The molecule has 0 spiro atoms. The molecule has 0 bridgehead atoms. The molecule has 0 saturated carbocycles. The molecule has 12 heteroatoms. The average molecular weight is 688 g/mol. The number of ether oxygens (including phenoxy) is 4. The van der Waals surface area contributed by atoms with Gasteiger partial charge in [0, 0.05) is 43.5 Å². The van der Waals surface area contributed by atoms with Crippen molar-refractivity contribution in [2.75, 3.05) is 59.7 Å². The molecule has 3 heterocycles. The van der Waals surface area contributed by atoms with Gasteiger partial charge in [-0.3, -0.25) is 19.4 Å². The van der Waals surface area contributed by atoms with Crippen LogP contribution in [0.25, 0.3) is 28.1 Å². The molecule has 2 aliphatic rings. The monoisotopic (exact) mass is 687 g/mol. The second-order valence-corrected chi connectivity index (χ2v) is 13.1. The van der Waals surface area contributed by atoms with E-state index in [-0.39, 0.29) is 18.9 Å². The van der Waals surface area contributed by atoms with Gasteiger partial charge in [-0.1, -0.05) is 42.2 Å². The van der Waals surface area contributed by atoms with E-state index < -0.39 is 5.97 Å². The molecule has 2 saturated heterocycles. The number of morpholine rings is 1. The molecule has 0 unspecified atom stereocenters. The number of methoxy groups -OCH3 is 1. The quantitative estimate of drug-likeness (QED) is 0.0951. The summed E-state index contributed by atoms with van der Waals surface area (Å²) in [4.78, 5) is 32.4. The van der Waals surface area contributed by atoms with Crippen LogP contribution in [0.1, 0.15) is 17.5 Å². The molecule has 0 radical (unpaired) electrons. The van der Waals surface area contributed by atoms with E-state index in [1.165, 1.54) is 18.9 Å². The van der Waals surface area contributed by atoms with E-state index in [0.717, 1.165) is 60.4 Å². The van der Waals surface area contributed by atoms with Gasteiger partial charge >= 0.3 is 5.97 Å². The van der Waals surface area contributed by atoms with E-state index in [2.05, 4.69) is 34.1 Å². The highest BCUT2D eigenvalue weighted by molar-refractivity contribution is 8.26. The van der Waals surface area contributed by atoms with Crippen LogP contribution in [0, 0.1) is 0 Å². The van der Waals surface area contributed by atoms with Crippen molar-refractivity contribution in [1.29, 1.82) is 0 Å². The number of carbonyl (C=O) groups is 2. The molecule has 0 aliphatic carbocycles. The zero-order chi connectivity index (χ0) is 33.5. The molecule has 250 valence electrons. The third-order valence-corrected chi connectivity index (χ3v) is 9.57. The number of nitrogens with zero attached hydrogens (tertiary/aromatic N) is 2. The van der Waals surface area contributed by atoms with Crippen LogP contribution < -0.4 is 14.2 Å². The Morgan fingerprint density at radius 3 is 2.56 bits per heavy atom. The highest BCUT2D eigenvalue weighted by Gasteiger charge is 2.32. The van der Waals surface area contributed by atoms with Crippen molar-refractivity contribution < 1.29 is 33.6 Å². The fourth-order valence-electron chi connectivity index (χ4n) is 5.67. The van der Waals surface area contributed by atoms with Gasteiger partial charge < -0.3 is 29.0 Å². The highest BCUT2D eigenvalue weighted by atomic mass is 32.2. The number of aliphatic carboxylic acids is 1. The molecule has 1 aromatic heterocycles. The Morgan fingerprint density at radius 2 is 1.75 bits per heavy atom. The maximum absolute atomic E-state index is 13.6. The first-order valence-corrected chi connectivity index (χ1v) is 17.0. The first kappa shape index (κ1) is 33.5. The molecule has 2 aliphatic heterocycles. The Hall–Kier alpha value is -4.36. The molecule has 10 nitrogen and oxygen atoms in total. The van der Waals surface area contributed by atoms with Gasteiger partial charge in [0.2, 0.25) is 0 Å². The molecule has 2 fully saturated rings. The van der Waals surface area contributed by atoms with Gasteiger partial charge in [0.05, 0.1) is 38.3 Å². The predicted octanol–water partition coefficient (Wildman–Crippen LogP) is 5.85. The maximum Gasteiger partial charge on any atom is 0.307 e. The minimum atomic E-state index is -0.926. The van der Waals surface area contributed by atoms with Crippen molar-refractivity contribution in [2.45, 2.75) is 12.8 Å². The van der Waals surface area contributed by atoms with Crippen LogP contribution in [-0.4, -0.2) is 95.8 Å². The Morgan fingerprint density at radius 1 is 0.979 bits per heavy atom. The van der Waals surface area contributed by atoms with Gasteiger partial charge in [-0.05, 0) is 77.0 Å². The van der Waals surface area contributed by atoms with E-state index in [4.69, 9.17) is 36.3 Å². The summed E-state index contributed by atoms with van der Waals surface area (Å²) < 4.78 is 23.5. The molecular weight excluding hydrogens is 651 g/mol.